The quantitative estimate of drug-likeness (QED) is 0.609. The molecule has 7 heteroatoms. The first-order valence-corrected chi connectivity index (χ1v) is 7.67. The maximum atomic E-state index is 11.6. The lowest BCUT2D eigenvalue weighted by atomic mass is 9.96. The van der Waals surface area contributed by atoms with Crippen LogP contribution in [0.3, 0.4) is 0 Å². The molecule has 0 bridgehead atoms. The number of nitrogens with one attached hydrogen (secondary N) is 1. The molecule has 0 aromatic rings. The molecule has 5 atom stereocenters. The second kappa shape index (κ2) is 6.16. The van der Waals surface area contributed by atoms with E-state index >= 15 is 0 Å². The van der Waals surface area contributed by atoms with Gasteiger partial charge in [-0.05, 0) is 26.7 Å². The van der Waals surface area contributed by atoms with Crippen LogP contribution in [0.25, 0.3) is 0 Å². The topological polar surface area (TPSA) is 75.2 Å². The predicted molar refractivity (Wildman–Crippen MR) is 76.1 cm³/mol. The summed E-state index contributed by atoms with van der Waals surface area (Å²) in [7, 11) is 0. The third kappa shape index (κ3) is 3.12. The van der Waals surface area contributed by atoms with Gasteiger partial charge in [-0.2, -0.15) is 0 Å². The first kappa shape index (κ1) is 15.7. The SMILES string of the molecule is C=CCCCO[C@H]1O[C@@H]2COC(C)(C)O[C@H]2[C@@H]2OC(=O)N[C@H]12. The standard InChI is InChI=1S/C15H23NO6/c1-4-5-6-7-18-13-10-12(21-14(17)16-10)11-9(20-13)8-19-15(2,3)22-11/h4,9-13H,1,5-8H2,2-3H3,(H,16,17)/t9-,10+,11-,12-,13+/m1/s1. The molecular weight excluding hydrogens is 290 g/mol. The van der Waals surface area contributed by atoms with E-state index in [-0.39, 0.29) is 18.2 Å². The van der Waals surface area contributed by atoms with Gasteiger partial charge in [0.05, 0.1) is 13.2 Å². The van der Waals surface area contributed by atoms with E-state index in [1.165, 1.54) is 0 Å². The van der Waals surface area contributed by atoms with Gasteiger partial charge in [-0.15, -0.1) is 6.58 Å². The van der Waals surface area contributed by atoms with Crippen molar-refractivity contribution < 1.29 is 28.5 Å². The van der Waals surface area contributed by atoms with Crippen molar-refractivity contribution in [2.24, 2.45) is 0 Å². The number of carbonyl (C=O) groups excluding carboxylic acids is 1. The van der Waals surface area contributed by atoms with Crippen molar-refractivity contribution in [2.75, 3.05) is 13.2 Å². The summed E-state index contributed by atoms with van der Waals surface area (Å²) in [4.78, 5) is 11.6. The molecule has 0 radical (unpaired) electrons. The van der Waals surface area contributed by atoms with E-state index in [4.69, 9.17) is 23.7 Å². The third-order valence-electron chi connectivity index (χ3n) is 4.02. The Morgan fingerprint density at radius 2 is 2.27 bits per heavy atom. The highest BCUT2D eigenvalue weighted by atomic mass is 16.8. The molecule has 0 spiro atoms. The molecule has 3 heterocycles. The van der Waals surface area contributed by atoms with Crippen LogP contribution in [-0.2, 0) is 23.7 Å². The summed E-state index contributed by atoms with van der Waals surface area (Å²) in [6.45, 7) is 8.25. The summed E-state index contributed by atoms with van der Waals surface area (Å²) >= 11 is 0. The predicted octanol–water partition coefficient (Wildman–Crippen LogP) is 1.32. The van der Waals surface area contributed by atoms with Crippen molar-refractivity contribution in [3.05, 3.63) is 12.7 Å². The van der Waals surface area contributed by atoms with Gasteiger partial charge in [0, 0.05) is 0 Å². The van der Waals surface area contributed by atoms with Crippen molar-refractivity contribution in [3.63, 3.8) is 0 Å². The zero-order valence-corrected chi connectivity index (χ0v) is 12.9. The summed E-state index contributed by atoms with van der Waals surface area (Å²) in [5.74, 6) is -0.721. The number of hydrogen-bond acceptors (Lipinski definition) is 6. The number of unbranched alkanes of at least 4 members (excludes halogenated alkanes) is 1. The largest absolute Gasteiger partial charge is 0.441 e. The molecule has 0 aromatic heterocycles. The summed E-state index contributed by atoms with van der Waals surface area (Å²) < 4.78 is 28.6. The molecule has 0 unspecified atom stereocenters. The van der Waals surface area contributed by atoms with E-state index in [0.717, 1.165) is 12.8 Å². The zero-order valence-electron chi connectivity index (χ0n) is 12.9. The van der Waals surface area contributed by atoms with Gasteiger partial charge in [-0.1, -0.05) is 6.08 Å². The van der Waals surface area contributed by atoms with Crippen LogP contribution in [0, 0.1) is 0 Å². The molecule has 0 aliphatic carbocycles. The van der Waals surface area contributed by atoms with Gasteiger partial charge in [0.15, 0.2) is 18.2 Å². The lowest BCUT2D eigenvalue weighted by molar-refractivity contribution is -0.363. The first-order chi connectivity index (χ1) is 10.5. The summed E-state index contributed by atoms with van der Waals surface area (Å²) in [6, 6.07) is -0.369. The van der Waals surface area contributed by atoms with Gasteiger partial charge in [0.25, 0.3) is 0 Å². The fraction of sp³-hybridized carbons (Fsp3) is 0.800. The minimum Gasteiger partial charge on any atom is -0.441 e. The van der Waals surface area contributed by atoms with Gasteiger partial charge >= 0.3 is 6.09 Å². The fourth-order valence-electron chi connectivity index (χ4n) is 2.98. The molecule has 7 nitrogen and oxygen atoms in total. The Labute approximate surface area is 129 Å². The number of allylic oxidation sites excluding steroid dienone is 1. The van der Waals surface area contributed by atoms with Gasteiger partial charge < -0.3 is 29.0 Å². The fourth-order valence-corrected chi connectivity index (χ4v) is 2.98. The van der Waals surface area contributed by atoms with Crippen molar-refractivity contribution in [1.82, 2.24) is 5.32 Å². The van der Waals surface area contributed by atoms with Crippen LogP contribution >= 0.6 is 0 Å². The molecule has 0 aromatic carbocycles. The minimum absolute atomic E-state index is 0.314. The molecule has 1 amide bonds. The summed E-state index contributed by atoms with van der Waals surface area (Å²) in [5, 5.41) is 2.76. The lowest BCUT2D eigenvalue weighted by Crippen LogP contribution is -2.65. The number of rotatable bonds is 5. The smallest absolute Gasteiger partial charge is 0.408 e. The van der Waals surface area contributed by atoms with Crippen molar-refractivity contribution in [2.45, 2.75) is 63.1 Å². The second-order valence-electron chi connectivity index (χ2n) is 6.18. The average molecular weight is 313 g/mol. The molecule has 124 valence electrons. The average Bonchev–Trinajstić information content (AvgIpc) is 2.85. The number of hydrogen-bond donors (Lipinski definition) is 1. The molecule has 22 heavy (non-hydrogen) atoms. The molecule has 1 N–H and O–H groups in total. The number of fused-ring (bicyclic) bond motifs is 3. The normalized spacial score (nSPS) is 39.4. The van der Waals surface area contributed by atoms with E-state index in [9.17, 15) is 4.79 Å². The Morgan fingerprint density at radius 3 is 3.05 bits per heavy atom. The molecule has 3 aliphatic rings. The minimum atomic E-state index is -0.721. The second-order valence-corrected chi connectivity index (χ2v) is 6.18. The number of alkyl carbamates (subject to hydrolysis) is 1. The maximum Gasteiger partial charge on any atom is 0.408 e. The van der Waals surface area contributed by atoms with Gasteiger partial charge in [0.1, 0.15) is 18.2 Å². The van der Waals surface area contributed by atoms with Crippen LogP contribution in [0.1, 0.15) is 26.7 Å². The monoisotopic (exact) mass is 313 g/mol. The lowest BCUT2D eigenvalue weighted by Gasteiger charge is -2.48. The van der Waals surface area contributed by atoms with Crippen LogP contribution in [0.5, 0.6) is 0 Å². The van der Waals surface area contributed by atoms with Crippen molar-refractivity contribution in [3.8, 4) is 0 Å². The van der Waals surface area contributed by atoms with Crippen LogP contribution in [0.4, 0.5) is 4.79 Å². The third-order valence-corrected chi connectivity index (χ3v) is 4.02. The van der Waals surface area contributed by atoms with Crippen LogP contribution in [0.15, 0.2) is 12.7 Å². The number of amides is 1. The van der Waals surface area contributed by atoms with E-state index in [1.807, 2.05) is 19.9 Å². The van der Waals surface area contributed by atoms with Gasteiger partial charge in [-0.3, -0.25) is 0 Å². The first-order valence-electron chi connectivity index (χ1n) is 7.67. The van der Waals surface area contributed by atoms with E-state index in [2.05, 4.69) is 11.9 Å². The molecule has 3 saturated heterocycles. The molecule has 3 fully saturated rings. The molecular formula is C15H23NO6. The molecule has 3 aliphatic heterocycles. The zero-order chi connectivity index (χ0) is 15.7. The maximum absolute atomic E-state index is 11.6. The van der Waals surface area contributed by atoms with Gasteiger partial charge in [0.2, 0.25) is 0 Å². The highest BCUT2D eigenvalue weighted by Crippen LogP contribution is 2.36. The Hall–Kier alpha value is -1.15. The van der Waals surface area contributed by atoms with Crippen molar-refractivity contribution >= 4 is 6.09 Å². The Balaban J connectivity index is 1.68. The number of carbonyl (C=O) groups is 1. The van der Waals surface area contributed by atoms with Gasteiger partial charge in [-0.25, -0.2) is 4.79 Å². The Morgan fingerprint density at radius 1 is 1.45 bits per heavy atom. The summed E-state index contributed by atoms with van der Waals surface area (Å²) in [5.41, 5.74) is 0. The van der Waals surface area contributed by atoms with Crippen molar-refractivity contribution in [1.29, 1.82) is 0 Å². The summed E-state index contributed by atoms with van der Waals surface area (Å²) in [6.07, 6.45) is 1.43. The van der Waals surface area contributed by atoms with E-state index in [1.54, 1.807) is 0 Å². The highest BCUT2D eigenvalue weighted by Gasteiger charge is 2.56. The Bertz CT molecular complexity index is 440. The van der Waals surface area contributed by atoms with Crippen LogP contribution in [0.2, 0.25) is 0 Å². The van der Waals surface area contributed by atoms with E-state index in [0.29, 0.717) is 13.2 Å². The molecule has 3 rings (SSSR count). The molecule has 0 saturated carbocycles. The Kier molecular flexibility index (Phi) is 4.40. The number of ether oxygens (including phenoxy) is 5. The van der Waals surface area contributed by atoms with Crippen LogP contribution in [-0.4, -0.2) is 55.7 Å². The van der Waals surface area contributed by atoms with Crippen LogP contribution < -0.4 is 5.32 Å². The highest BCUT2D eigenvalue weighted by molar-refractivity contribution is 5.70. The van der Waals surface area contributed by atoms with E-state index < -0.39 is 24.3 Å².